The van der Waals surface area contributed by atoms with E-state index in [-0.39, 0.29) is 17.5 Å². The first-order valence-electron chi connectivity index (χ1n) is 6.27. The molecule has 2 rings (SSSR count). The van der Waals surface area contributed by atoms with Crippen LogP contribution in [0.4, 0.5) is 0 Å². The topological polar surface area (TPSA) is 73.4 Å². The van der Waals surface area contributed by atoms with Crippen LogP contribution in [0.15, 0.2) is 17.2 Å². The molecule has 2 unspecified atom stereocenters. The molecule has 6 heteroatoms. The first-order valence-corrected chi connectivity index (χ1v) is 7.71. The lowest BCUT2D eigenvalue weighted by molar-refractivity contribution is 0.202. The molecule has 0 spiro atoms. The number of hydrogen-bond donors (Lipinski definition) is 2. The zero-order valence-corrected chi connectivity index (χ0v) is 11.6. The van der Waals surface area contributed by atoms with Crippen LogP contribution in [-0.4, -0.2) is 35.4 Å². The number of aliphatic hydroxyl groups excluding tert-OH is 1. The summed E-state index contributed by atoms with van der Waals surface area (Å²) in [5, 5.41) is 8.98. The third-order valence-electron chi connectivity index (χ3n) is 3.81. The van der Waals surface area contributed by atoms with E-state index in [1.807, 2.05) is 6.92 Å². The second kappa shape index (κ2) is 5.03. The third kappa shape index (κ3) is 2.32. The van der Waals surface area contributed by atoms with Crippen molar-refractivity contribution in [3.8, 4) is 0 Å². The van der Waals surface area contributed by atoms with Crippen LogP contribution < -0.4 is 0 Å². The Balaban J connectivity index is 2.30. The summed E-state index contributed by atoms with van der Waals surface area (Å²) in [6.45, 7) is 4.44. The van der Waals surface area contributed by atoms with Crippen LogP contribution in [0.1, 0.15) is 32.4 Å². The van der Waals surface area contributed by atoms with Gasteiger partial charge >= 0.3 is 0 Å². The van der Waals surface area contributed by atoms with E-state index in [0.717, 1.165) is 12.8 Å². The standard InChI is InChI=1S/C12H20N2O3S/c1-9-4-3-5-14(10(9)2)18(16,17)12-6-11(8-15)13-7-12/h6-7,9-10,13,15H,3-5,8H2,1-2H3. The van der Waals surface area contributed by atoms with Crippen molar-refractivity contribution in [1.82, 2.24) is 9.29 Å². The van der Waals surface area contributed by atoms with Gasteiger partial charge in [-0.15, -0.1) is 0 Å². The van der Waals surface area contributed by atoms with Crippen molar-refractivity contribution in [2.75, 3.05) is 6.54 Å². The maximum absolute atomic E-state index is 12.5. The molecule has 0 saturated carbocycles. The molecule has 102 valence electrons. The molecule has 0 aliphatic carbocycles. The van der Waals surface area contributed by atoms with Crippen molar-refractivity contribution < 1.29 is 13.5 Å². The molecule has 1 fully saturated rings. The Morgan fingerprint density at radius 3 is 2.83 bits per heavy atom. The number of nitrogens with one attached hydrogen (secondary N) is 1. The molecule has 2 atom stereocenters. The average molecular weight is 272 g/mol. The van der Waals surface area contributed by atoms with Gasteiger partial charge < -0.3 is 10.1 Å². The number of hydrogen-bond acceptors (Lipinski definition) is 3. The van der Waals surface area contributed by atoms with Gasteiger partial charge in [-0.2, -0.15) is 4.31 Å². The summed E-state index contributed by atoms with van der Waals surface area (Å²) in [5.74, 6) is 0.379. The number of aliphatic hydroxyl groups is 1. The van der Waals surface area contributed by atoms with E-state index in [1.165, 1.54) is 12.3 Å². The first-order chi connectivity index (χ1) is 8.46. The number of H-pyrrole nitrogens is 1. The van der Waals surface area contributed by atoms with Crippen molar-refractivity contribution in [1.29, 1.82) is 0 Å². The minimum absolute atomic E-state index is 0.0243. The van der Waals surface area contributed by atoms with E-state index in [1.54, 1.807) is 4.31 Å². The molecule has 1 aromatic heterocycles. The van der Waals surface area contributed by atoms with Crippen LogP contribution >= 0.6 is 0 Å². The summed E-state index contributed by atoms with van der Waals surface area (Å²) in [5.41, 5.74) is 0.520. The summed E-state index contributed by atoms with van der Waals surface area (Å²) in [4.78, 5) is 3.01. The largest absolute Gasteiger partial charge is 0.390 e. The molecule has 2 heterocycles. The van der Waals surface area contributed by atoms with E-state index in [0.29, 0.717) is 18.2 Å². The molecule has 0 bridgehead atoms. The summed E-state index contributed by atoms with van der Waals surface area (Å²) in [6, 6.07) is 1.53. The van der Waals surface area contributed by atoms with Crippen molar-refractivity contribution in [3.05, 3.63) is 18.0 Å². The molecule has 1 aromatic rings. The Morgan fingerprint density at radius 1 is 1.50 bits per heavy atom. The predicted octanol–water partition coefficient (Wildman–Crippen LogP) is 1.32. The highest BCUT2D eigenvalue weighted by Crippen LogP contribution is 2.28. The Bertz CT molecular complexity index is 509. The number of rotatable bonds is 3. The Hall–Kier alpha value is -0.850. The second-order valence-electron chi connectivity index (χ2n) is 4.99. The molecule has 1 saturated heterocycles. The van der Waals surface area contributed by atoms with Crippen molar-refractivity contribution >= 4 is 10.0 Å². The van der Waals surface area contributed by atoms with E-state index < -0.39 is 10.0 Å². The van der Waals surface area contributed by atoms with Gasteiger partial charge in [0.25, 0.3) is 0 Å². The summed E-state index contributed by atoms with van der Waals surface area (Å²) < 4.78 is 26.6. The van der Waals surface area contributed by atoms with Gasteiger partial charge in [-0.05, 0) is 31.7 Å². The lowest BCUT2D eigenvalue weighted by Gasteiger charge is -2.36. The number of nitrogens with zero attached hydrogens (tertiary/aromatic N) is 1. The van der Waals surface area contributed by atoms with Gasteiger partial charge in [-0.1, -0.05) is 6.92 Å². The fraction of sp³-hybridized carbons (Fsp3) is 0.667. The molecule has 0 amide bonds. The molecule has 5 nitrogen and oxygen atoms in total. The minimum atomic E-state index is -3.44. The first kappa shape index (κ1) is 13.6. The Morgan fingerprint density at radius 2 is 2.22 bits per heavy atom. The fourth-order valence-electron chi connectivity index (χ4n) is 2.43. The van der Waals surface area contributed by atoms with Crippen LogP contribution in [0.3, 0.4) is 0 Å². The van der Waals surface area contributed by atoms with Gasteiger partial charge in [0.15, 0.2) is 0 Å². The van der Waals surface area contributed by atoms with Gasteiger partial charge in [0.1, 0.15) is 0 Å². The minimum Gasteiger partial charge on any atom is -0.390 e. The van der Waals surface area contributed by atoms with Gasteiger partial charge in [0, 0.05) is 24.5 Å². The normalized spacial score (nSPS) is 26.4. The summed E-state index contributed by atoms with van der Waals surface area (Å²) >= 11 is 0. The monoisotopic (exact) mass is 272 g/mol. The van der Waals surface area contributed by atoms with Crippen molar-refractivity contribution in [2.24, 2.45) is 5.92 Å². The predicted molar refractivity (Wildman–Crippen MR) is 68.5 cm³/mol. The van der Waals surface area contributed by atoms with Crippen LogP contribution in [0.2, 0.25) is 0 Å². The van der Waals surface area contributed by atoms with Gasteiger partial charge in [-0.25, -0.2) is 8.42 Å². The van der Waals surface area contributed by atoms with Crippen molar-refractivity contribution in [2.45, 2.75) is 44.2 Å². The van der Waals surface area contributed by atoms with Crippen molar-refractivity contribution in [3.63, 3.8) is 0 Å². The zero-order chi connectivity index (χ0) is 13.3. The smallest absolute Gasteiger partial charge is 0.244 e. The third-order valence-corrected chi connectivity index (χ3v) is 5.77. The van der Waals surface area contributed by atoms with E-state index >= 15 is 0 Å². The Kier molecular flexibility index (Phi) is 3.79. The van der Waals surface area contributed by atoms with E-state index in [4.69, 9.17) is 5.11 Å². The highest BCUT2D eigenvalue weighted by Gasteiger charge is 2.34. The zero-order valence-electron chi connectivity index (χ0n) is 10.8. The van der Waals surface area contributed by atoms with Gasteiger partial charge in [0.2, 0.25) is 10.0 Å². The second-order valence-corrected chi connectivity index (χ2v) is 6.89. The number of aromatic amines is 1. The highest BCUT2D eigenvalue weighted by atomic mass is 32.2. The van der Waals surface area contributed by atoms with Gasteiger partial charge in [-0.3, -0.25) is 0 Å². The molecular formula is C12H20N2O3S. The number of aromatic nitrogens is 1. The summed E-state index contributed by atoms with van der Waals surface area (Å²) in [7, 11) is -3.44. The van der Waals surface area contributed by atoms with Gasteiger partial charge in [0.05, 0.1) is 11.5 Å². The molecule has 1 aliphatic rings. The fourth-order valence-corrected chi connectivity index (χ4v) is 4.22. The molecule has 2 N–H and O–H groups in total. The maximum Gasteiger partial charge on any atom is 0.244 e. The molecule has 18 heavy (non-hydrogen) atoms. The maximum atomic E-state index is 12.5. The highest BCUT2D eigenvalue weighted by molar-refractivity contribution is 7.89. The lowest BCUT2D eigenvalue weighted by atomic mass is 9.94. The van der Waals surface area contributed by atoms with Crippen LogP contribution in [-0.2, 0) is 16.6 Å². The van der Waals surface area contributed by atoms with Crippen LogP contribution in [0.25, 0.3) is 0 Å². The number of piperidine rings is 1. The molecule has 0 radical (unpaired) electrons. The summed E-state index contributed by atoms with van der Waals surface area (Å²) in [6.07, 6.45) is 3.43. The van der Waals surface area contributed by atoms with E-state index in [2.05, 4.69) is 11.9 Å². The van der Waals surface area contributed by atoms with Crippen LogP contribution in [0.5, 0.6) is 0 Å². The molecular weight excluding hydrogens is 252 g/mol. The molecule has 0 aromatic carbocycles. The SMILES string of the molecule is CC1CCCN(S(=O)(=O)c2c[nH]c(CO)c2)C1C. The van der Waals surface area contributed by atoms with Crippen LogP contribution in [0, 0.1) is 5.92 Å². The average Bonchev–Trinajstić information content (AvgIpc) is 2.81. The lowest BCUT2D eigenvalue weighted by Crippen LogP contribution is -2.45. The molecule has 1 aliphatic heterocycles. The Labute approximate surface area is 108 Å². The quantitative estimate of drug-likeness (QED) is 0.871. The number of sulfonamides is 1. The van der Waals surface area contributed by atoms with E-state index in [9.17, 15) is 8.42 Å².